The van der Waals surface area contributed by atoms with Crippen molar-refractivity contribution in [1.82, 2.24) is 15.2 Å². The summed E-state index contributed by atoms with van der Waals surface area (Å²) in [5.41, 5.74) is 4.40. The lowest BCUT2D eigenvalue weighted by Crippen LogP contribution is -2.31. The number of pyridine rings is 1. The fraction of sp³-hybridized carbons (Fsp3) is 0.571. The fourth-order valence-electron chi connectivity index (χ4n) is 1.74. The molecule has 1 heterocycles. The molecular weight excluding hydrogens is 254 g/mol. The van der Waals surface area contributed by atoms with Crippen LogP contribution in [0.5, 0.6) is 0 Å². The first-order valence-electron chi connectivity index (χ1n) is 6.87. The van der Waals surface area contributed by atoms with E-state index >= 15 is 0 Å². The van der Waals surface area contributed by atoms with Crippen molar-refractivity contribution < 1.29 is 4.79 Å². The number of nitrogen functional groups attached to an aromatic ring is 1. The molecule has 0 atom stereocenters. The maximum absolute atomic E-state index is 12.1. The summed E-state index contributed by atoms with van der Waals surface area (Å²) in [5, 5.41) is 2.89. The van der Waals surface area contributed by atoms with Gasteiger partial charge in [-0.3, -0.25) is 15.6 Å². The lowest BCUT2D eigenvalue weighted by molar-refractivity contribution is 0.0952. The van der Waals surface area contributed by atoms with Gasteiger partial charge in [0.1, 0.15) is 0 Å². The number of hydrogen-bond acceptors (Lipinski definition) is 5. The van der Waals surface area contributed by atoms with Crippen LogP contribution in [0.15, 0.2) is 12.3 Å². The van der Waals surface area contributed by atoms with E-state index in [4.69, 9.17) is 5.84 Å². The highest BCUT2D eigenvalue weighted by molar-refractivity contribution is 5.99. The summed E-state index contributed by atoms with van der Waals surface area (Å²) >= 11 is 0. The normalized spacial score (nSPS) is 10.9. The summed E-state index contributed by atoms with van der Waals surface area (Å²) in [6, 6.07) is 2.27. The smallest absolute Gasteiger partial charge is 0.255 e. The molecule has 20 heavy (non-hydrogen) atoms. The Morgan fingerprint density at radius 3 is 2.80 bits per heavy atom. The van der Waals surface area contributed by atoms with Crippen LogP contribution in [0.3, 0.4) is 0 Å². The van der Waals surface area contributed by atoms with Gasteiger partial charge in [0.05, 0.1) is 11.3 Å². The molecule has 4 N–H and O–H groups in total. The van der Waals surface area contributed by atoms with Gasteiger partial charge < -0.3 is 15.6 Å². The second-order valence-electron chi connectivity index (χ2n) is 5.20. The van der Waals surface area contributed by atoms with Crippen LogP contribution in [0.1, 0.15) is 36.3 Å². The number of hydrazine groups is 1. The third-order valence-electron chi connectivity index (χ3n) is 3.30. The Morgan fingerprint density at radius 2 is 2.20 bits per heavy atom. The Hall–Kier alpha value is -1.66. The SMILES string of the molecule is Cc1cc(NN)c(C(=O)NCCCN(C)C(C)C)cn1. The van der Waals surface area contributed by atoms with Crippen molar-refractivity contribution in [2.75, 3.05) is 25.6 Å². The maximum atomic E-state index is 12.1. The molecule has 0 bridgehead atoms. The number of carbonyl (C=O) groups excluding carboxylic acids is 1. The molecule has 1 aromatic rings. The van der Waals surface area contributed by atoms with Crippen LogP contribution in [-0.4, -0.2) is 42.0 Å². The largest absolute Gasteiger partial charge is 0.352 e. The zero-order valence-corrected chi connectivity index (χ0v) is 12.7. The minimum absolute atomic E-state index is 0.155. The van der Waals surface area contributed by atoms with Crippen LogP contribution in [-0.2, 0) is 0 Å². The van der Waals surface area contributed by atoms with Gasteiger partial charge in [0.15, 0.2) is 0 Å². The van der Waals surface area contributed by atoms with Gasteiger partial charge in [-0.25, -0.2) is 0 Å². The minimum Gasteiger partial charge on any atom is -0.352 e. The Balaban J connectivity index is 2.47. The predicted molar refractivity (Wildman–Crippen MR) is 81.5 cm³/mol. The second kappa shape index (κ2) is 7.81. The first-order valence-corrected chi connectivity index (χ1v) is 6.87. The molecule has 0 aromatic carbocycles. The second-order valence-corrected chi connectivity index (χ2v) is 5.20. The van der Waals surface area contributed by atoms with Crippen LogP contribution < -0.4 is 16.6 Å². The average Bonchev–Trinajstić information content (AvgIpc) is 2.42. The lowest BCUT2D eigenvalue weighted by atomic mass is 10.2. The van der Waals surface area contributed by atoms with Gasteiger partial charge in [-0.05, 0) is 46.9 Å². The summed E-state index contributed by atoms with van der Waals surface area (Å²) in [5.74, 6) is 5.27. The first-order chi connectivity index (χ1) is 9.45. The number of carbonyl (C=O) groups is 1. The number of aromatic nitrogens is 1. The molecule has 1 rings (SSSR count). The third kappa shape index (κ3) is 4.79. The van der Waals surface area contributed by atoms with Crippen LogP contribution in [0, 0.1) is 6.92 Å². The zero-order chi connectivity index (χ0) is 15.1. The molecule has 112 valence electrons. The molecule has 6 heteroatoms. The Morgan fingerprint density at radius 1 is 1.50 bits per heavy atom. The van der Waals surface area contributed by atoms with Gasteiger partial charge >= 0.3 is 0 Å². The van der Waals surface area contributed by atoms with Crippen molar-refractivity contribution >= 4 is 11.6 Å². The van der Waals surface area contributed by atoms with Gasteiger partial charge in [0.25, 0.3) is 5.91 Å². The highest BCUT2D eigenvalue weighted by Crippen LogP contribution is 2.13. The molecule has 0 saturated carbocycles. The Labute approximate surface area is 120 Å². The molecule has 0 aliphatic rings. The fourth-order valence-corrected chi connectivity index (χ4v) is 1.74. The molecule has 0 spiro atoms. The van der Waals surface area contributed by atoms with Crippen LogP contribution in [0.2, 0.25) is 0 Å². The monoisotopic (exact) mass is 279 g/mol. The molecule has 0 fully saturated rings. The molecule has 0 aliphatic carbocycles. The van der Waals surface area contributed by atoms with Crippen LogP contribution in [0.25, 0.3) is 0 Å². The third-order valence-corrected chi connectivity index (χ3v) is 3.30. The minimum atomic E-state index is -0.155. The summed E-state index contributed by atoms with van der Waals surface area (Å²) in [6.07, 6.45) is 2.45. The van der Waals surface area contributed by atoms with Gasteiger partial charge in [0.2, 0.25) is 0 Å². The molecule has 0 unspecified atom stereocenters. The van der Waals surface area contributed by atoms with Crippen molar-refractivity contribution in [1.29, 1.82) is 0 Å². The number of nitrogens with zero attached hydrogens (tertiary/aromatic N) is 2. The number of aryl methyl sites for hydroxylation is 1. The van der Waals surface area contributed by atoms with Crippen molar-refractivity contribution in [2.45, 2.75) is 33.2 Å². The van der Waals surface area contributed by atoms with Crippen molar-refractivity contribution in [3.8, 4) is 0 Å². The van der Waals surface area contributed by atoms with E-state index in [1.807, 2.05) is 6.92 Å². The van der Waals surface area contributed by atoms with E-state index in [0.29, 0.717) is 23.8 Å². The Bertz CT molecular complexity index is 447. The van der Waals surface area contributed by atoms with E-state index < -0.39 is 0 Å². The molecule has 1 aromatic heterocycles. The zero-order valence-electron chi connectivity index (χ0n) is 12.7. The van der Waals surface area contributed by atoms with Crippen LogP contribution in [0.4, 0.5) is 5.69 Å². The van der Waals surface area contributed by atoms with Crippen LogP contribution >= 0.6 is 0 Å². The number of amides is 1. The molecule has 0 radical (unpaired) electrons. The summed E-state index contributed by atoms with van der Waals surface area (Å²) in [4.78, 5) is 18.4. The summed E-state index contributed by atoms with van der Waals surface area (Å²) < 4.78 is 0. The number of anilines is 1. The van der Waals surface area contributed by atoms with E-state index in [-0.39, 0.29) is 5.91 Å². The molecule has 0 saturated heterocycles. The number of nitrogens with two attached hydrogens (primary N) is 1. The predicted octanol–water partition coefficient (Wildman–Crippen LogP) is 1.14. The topological polar surface area (TPSA) is 83.3 Å². The number of nitrogens with one attached hydrogen (secondary N) is 2. The highest BCUT2D eigenvalue weighted by Gasteiger charge is 2.11. The van der Waals surface area contributed by atoms with Gasteiger partial charge in [-0.2, -0.15) is 0 Å². The molecule has 6 nitrogen and oxygen atoms in total. The average molecular weight is 279 g/mol. The van der Waals surface area contributed by atoms with Crippen molar-refractivity contribution in [3.05, 3.63) is 23.5 Å². The lowest BCUT2D eigenvalue weighted by Gasteiger charge is -2.20. The molecule has 0 aliphatic heterocycles. The highest BCUT2D eigenvalue weighted by atomic mass is 16.1. The number of hydrogen-bond donors (Lipinski definition) is 3. The van der Waals surface area contributed by atoms with Gasteiger partial charge in [-0.15, -0.1) is 0 Å². The summed E-state index contributed by atoms with van der Waals surface area (Å²) in [6.45, 7) is 7.73. The molecule has 1 amide bonds. The van der Waals surface area contributed by atoms with E-state index in [1.54, 1.807) is 12.3 Å². The first kappa shape index (κ1) is 16.4. The van der Waals surface area contributed by atoms with E-state index in [9.17, 15) is 4.79 Å². The quantitative estimate of drug-likeness (QED) is 0.396. The number of rotatable bonds is 7. The van der Waals surface area contributed by atoms with Gasteiger partial charge in [-0.1, -0.05) is 0 Å². The van der Waals surface area contributed by atoms with E-state index in [0.717, 1.165) is 18.7 Å². The van der Waals surface area contributed by atoms with Crippen molar-refractivity contribution in [3.63, 3.8) is 0 Å². The van der Waals surface area contributed by atoms with Gasteiger partial charge in [0, 0.05) is 24.5 Å². The van der Waals surface area contributed by atoms with E-state index in [1.165, 1.54) is 0 Å². The maximum Gasteiger partial charge on any atom is 0.255 e. The van der Waals surface area contributed by atoms with E-state index in [2.05, 4.69) is 41.5 Å². The summed E-state index contributed by atoms with van der Waals surface area (Å²) in [7, 11) is 2.08. The van der Waals surface area contributed by atoms with Crippen molar-refractivity contribution in [2.24, 2.45) is 5.84 Å². The standard InChI is InChI=1S/C14H25N5O/c1-10(2)19(4)7-5-6-16-14(20)12-9-17-11(3)8-13(12)18-15/h8-10H,5-7,15H2,1-4H3,(H,16,20)(H,17,18). The molecular formula is C14H25N5O. The Kier molecular flexibility index (Phi) is 6.41.